The minimum absolute atomic E-state index is 0.0414. The van der Waals surface area contributed by atoms with E-state index in [1.165, 1.54) is 6.07 Å². The minimum atomic E-state index is -0.403. The fourth-order valence-corrected chi connectivity index (χ4v) is 1.72. The van der Waals surface area contributed by atoms with E-state index in [4.69, 9.17) is 5.11 Å². The van der Waals surface area contributed by atoms with Crippen LogP contribution in [0.15, 0.2) is 12.3 Å². The van der Waals surface area contributed by atoms with Crippen LogP contribution in [-0.4, -0.2) is 35.2 Å². The fraction of sp³-hybridized carbons (Fsp3) is 0.583. The molecule has 0 saturated carbocycles. The van der Waals surface area contributed by atoms with Gasteiger partial charge < -0.3 is 10.0 Å². The van der Waals surface area contributed by atoms with Crippen LogP contribution >= 0.6 is 0 Å². The van der Waals surface area contributed by atoms with Crippen molar-refractivity contribution in [1.82, 2.24) is 4.98 Å². The largest absolute Gasteiger partial charge is 0.396 e. The lowest BCUT2D eigenvalue weighted by Crippen LogP contribution is -2.21. The number of hydrogen-bond donors (Lipinski definition) is 1. The maximum atomic E-state index is 11.0. The standard InChI is InChI=1S/C12H19N3O3/c1-10-8-11(15(17)18)12(13-9-10)14(2)6-4-3-5-7-16/h8-9,16H,3-7H2,1-2H3. The quantitative estimate of drug-likeness (QED) is 0.456. The fourth-order valence-electron chi connectivity index (χ4n) is 1.72. The van der Waals surface area contributed by atoms with E-state index in [-0.39, 0.29) is 12.3 Å². The van der Waals surface area contributed by atoms with Gasteiger partial charge in [-0.25, -0.2) is 4.98 Å². The SMILES string of the molecule is Cc1cnc(N(C)CCCCCO)c([N+](=O)[O-])c1. The molecule has 0 amide bonds. The summed E-state index contributed by atoms with van der Waals surface area (Å²) in [6.45, 7) is 2.66. The molecule has 0 fully saturated rings. The molecule has 1 aromatic heterocycles. The normalized spacial score (nSPS) is 10.4. The predicted molar refractivity (Wildman–Crippen MR) is 69.8 cm³/mol. The zero-order valence-electron chi connectivity index (χ0n) is 10.8. The van der Waals surface area contributed by atoms with Gasteiger partial charge in [0.05, 0.1) is 4.92 Å². The molecular weight excluding hydrogens is 234 g/mol. The van der Waals surface area contributed by atoms with E-state index in [2.05, 4.69) is 4.98 Å². The van der Waals surface area contributed by atoms with Gasteiger partial charge in [-0.2, -0.15) is 0 Å². The maximum absolute atomic E-state index is 11.0. The molecule has 18 heavy (non-hydrogen) atoms. The lowest BCUT2D eigenvalue weighted by molar-refractivity contribution is -0.384. The Bertz CT molecular complexity index is 410. The highest BCUT2D eigenvalue weighted by Gasteiger charge is 2.18. The molecule has 1 aromatic rings. The summed E-state index contributed by atoms with van der Waals surface area (Å²) in [6.07, 6.45) is 4.17. The maximum Gasteiger partial charge on any atom is 0.311 e. The van der Waals surface area contributed by atoms with E-state index in [0.29, 0.717) is 12.4 Å². The number of aliphatic hydroxyl groups excluding tert-OH is 1. The number of anilines is 1. The molecule has 1 rings (SSSR count). The predicted octanol–water partition coefficient (Wildman–Crippen LogP) is 1.90. The molecular formula is C12H19N3O3. The molecule has 1 N–H and O–H groups in total. The molecule has 0 aromatic carbocycles. The Hall–Kier alpha value is -1.69. The summed E-state index contributed by atoms with van der Waals surface area (Å²) >= 11 is 0. The molecule has 6 heteroatoms. The van der Waals surface area contributed by atoms with Crippen LogP contribution in [0.3, 0.4) is 0 Å². The van der Waals surface area contributed by atoms with Crippen LogP contribution in [0.5, 0.6) is 0 Å². The van der Waals surface area contributed by atoms with Gasteiger partial charge in [0.1, 0.15) is 0 Å². The van der Waals surface area contributed by atoms with Crippen molar-refractivity contribution >= 4 is 11.5 Å². The molecule has 0 atom stereocenters. The van der Waals surface area contributed by atoms with Crippen LogP contribution < -0.4 is 4.90 Å². The topological polar surface area (TPSA) is 79.5 Å². The first-order valence-electron chi connectivity index (χ1n) is 5.99. The van der Waals surface area contributed by atoms with Crippen LogP contribution in [0.1, 0.15) is 24.8 Å². The van der Waals surface area contributed by atoms with Crippen LogP contribution in [0.25, 0.3) is 0 Å². The number of pyridine rings is 1. The van der Waals surface area contributed by atoms with Gasteiger partial charge in [-0.3, -0.25) is 10.1 Å². The van der Waals surface area contributed by atoms with E-state index >= 15 is 0 Å². The van der Waals surface area contributed by atoms with E-state index in [9.17, 15) is 10.1 Å². The first-order chi connectivity index (χ1) is 8.56. The summed E-state index contributed by atoms with van der Waals surface area (Å²) in [5, 5.41) is 19.6. The summed E-state index contributed by atoms with van der Waals surface area (Å²) in [5.41, 5.74) is 0.818. The van der Waals surface area contributed by atoms with Crippen molar-refractivity contribution < 1.29 is 10.0 Å². The lowest BCUT2D eigenvalue weighted by atomic mass is 10.2. The Morgan fingerprint density at radius 3 is 2.78 bits per heavy atom. The first kappa shape index (κ1) is 14.4. The summed E-state index contributed by atoms with van der Waals surface area (Å²) < 4.78 is 0. The third-order valence-corrected chi connectivity index (χ3v) is 2.69. The number of nitro groups is 1. The molecule has 0 aliphatic heterocycles. The Morgan fingerprint density at radius 1 is 1.44 bits per heavy atom. The van der Waals surface area contributed by atoms with Crippen molar-refractivity contribution in [1.29, 1.82) is 0 Å². The van der Waals surface area contributed by atoms with E-state index < -0.39 is 4.92 Å². The highest BCUT2D eigenvalue weighted by atomic mass is 16.6. The number of aromatic nitrogens is 1. The Balaban J connectivity index is 2.72. The Morgan fingerprint density at radius 2 is 2.17 bits per heavy atom. The number of aliphatic hydroxyl groups is 1. The molecule has 0 saturated heterocycles. The Kier molecular flexibility index (Phi) is 5.51. The molecule has 0 radical (unpaired) electrons. The second kappa shape index (κ2) is 6.90. The zero-order valence-corrected chi connectivity index (χ0v) is 10.8. The second-order valence-electron chi connectivity index (χ2n) is 4.32. The molecule has 0 bridgehead atoms. The van der Waals surface area contributed by atoms with Crippen molar-refractivity contribution in [2.75, 3.05) is 25.1 Å². The van der Waals surface area contributed by atoms with Crippen LogP contribution in [-0.2, 0) is 0 Å². The minimum Gasteiger partial charge on any atom is -0.396 e. The van der Waals surface area contributed by atoms with Gasteiger partial charge in [-0.15, -0.1) is 0 Å². The van der Waals surface area contributed by atoms with E-state index in [1.54, 1.807) is 25.1 Å². The molecule has 0 aliphatic carbocycles. The Labute approximate surface area is 106 Å². The van der Waals surface area contributed by atoms with Gasteiger partial charge in [0, 0.05) is 32.5 Å². The molecule has 1 heterocycles. The average Bonchev–Trinajstić information content (AvgIpc) is 2.34. The highest BCUT2D eigenvalue weighted by Crippen LogP contribution is 2.25. The van der Waals surface area contributed by atoms with Gasteiger partial charge in [-0.05, 0) is 31.7 Å². The zero-order chi connectivity index (χ0) is 13.5. The molecule has 0 aliphatic rings. The van der Waals surface area contributed by atoms with Crippen molar-refractivity contribution in [3.05, 3.63) is 27.9 Å². The first-order valence-corrected chi connectivity index (χ1v) is 5.99. The number of hydrogen-bond acceptors (Lipinski definition) is 5. The van der Waals surface area contributed by atoms with Gasteiger partial charge in [0.15, 0.2) is 0 Å². The van der Waals surface area contributed by atoms with Crippen molar-refractivity contribution in [3.8, 4) is 0 Å². The lowest BCUT2D eigenvalue weighted by Gasteiger charge is -2.17. The van der Waals surface area contributed by atoms with Gasteiger partial charge in [0.25, 0.3) is 0 Å². The van der Waals surface area contributed by atoms with E-state index in [1.807, 2.05) is 0 Å². The number of aryl methyl sites for hydroxylation is 1. The summed E-state index contributed by atoms with van der Waals surface area (Å²) in [7, 11) is 1.80. The van der Waals surface area contributed by atoms with Crippen LogP contribution in [0.2, 0.25) is 0 Å². The van der Waals surface area contributed by atoms with Gasteiger partial charge >= 0.3 is 5.69 Å². The van der Waals surface area contributed by atoms with Crippen molar-refractivity contribution in [3.63, 3.8) is 0 Å². The second-order valence-corrected chi connectivity index (χ2v) is 4.32. The average molecular weight is 253 g/mol. The van der Waals surface area contributed by atoms with Crippen LogP contribution in [0, 0.1) is 17.0 Å². The number of rotatable bonds is 7. The highest BCUT2D eigenvalue weighted by molar-refractivity contribution is 5.57. The molecule has 100 valence electrons. The molecule has 0 spiro atoms. The monoisotopic (exact) mass is 253 g/mol. The number of nitrogens with zero attached hydrogens (tertiary/aromatic N) is 3. The number of unbranched alkanes of at least 4 members (excludes halogenated alkanes) is 2. The van der Waals surface area contributed by atoms with Crippen molar-refractivity contribution in [2.45, 2.75) is 26.2 Å². The van der Waals surface area contributed by atoms with Crippen LogP contribution in [0.4, 0.5) is 11.5 Å². The molecule has 0 unspecified atom stereocenters. The summed E-state index contributed by atoms with van der Waals surface area (Å²) in [5.74, 6) is 0.398. The smallest absolute Gasteiger partial charge is 0.311 e. The van der Waals surface area contributed by atoms with Gasteiger partial charge in [0.2, 0.25) is 5.82 Å². The van der Waals surface area contributed by atoms with Gasteiger partial charge in [-0.1, -0.05) is 0 Å². The van der Waals surface area contributed by atoms with Crippen molar-refractivity contribution in [2.24, 2.45) is 0 Å². The molecule has 6 nitrogen and oxygen atoms in total. The third-order valence-electron chi connectivity index (χ3n) is 2.69. The summed E-state index contributed by atoms with van der Waals surface area (Å²) in [4.78, 5) is 16.5. The third kappa shape index (κ3) is 3.96. The summed E-state index contributed by atoms with van der Waals surface area (Å²) in [6, 6.07) is 1.53. The van der Waals surface area contributed by atoms with E-state index in [0.717, 1.165) is 24.8 Å².